The molecule has 1 atom stereocenters. The van der Waals surface area contributed by atoms with E-state index in [9.17, 15) is 0 Å². The van der Waals surface area contributed by atoms with Gasteiger partial charge in [0.25, 0.3) is 0 Å². The van der Waals surface area contributed by atoms with Crippen molar-refractivity contribution in [3.05, 3.63) is 57.8 Å². The number of aryl methyl sites for hydroxylation is 1. The minimum Gasteiger partial charge on any atom is -0.271 e. The first-order valence-corrected chi connectivity index (χ1v) is 8.17. The summed E-state index contributed by atoms with van der Waals surface area (Å²) >= 11 is 1.83. The molecule has 0 saturated carbocycles. The maximum atomic E-state index is 5.71. The van der Waals surface area contributed by atoms with Crippen molar-refractivity contribution >= 4 is 11.3 Å². The zero-order valence-electron chi connectivity index (χ0n) is 12.3. The van der Waals surface area contributed by atoms with E-state index < -0.39 is 0 Å². The van der Waals surface area contributed by atoms with Crippen molar-refractivity contribution in [2.45, 2.75) is 45.1 Å². The van der Waals surface area contributed by atoms with E-state index in [2.05, 4.69) is 61.1 Å². The lowest BCUT2D eigenvalue weighted by Crippen LogP contribution is -2.28. The van der Waals surface area contributed by atoms with Gasteiger partial charge in [-0.25, -0.2) is 0 Å². The predicted octanol–water partition coefficient (Wildman–Crippen LogP) is 4.40. The number of nitrogens with one attached hydrogen (secondary N) is 1. The molecule has 1 aromatic carbocycles. The quantitative estimate of drug-likeness (QED) is 0.585. The Labute approximate surface area is 126 Å². The summed E-state index contributed by atoms with van der Waals surface area (Å²) in [6.45, 7) is 4.43. The molecule has 2 rings (SSSR count). The van der Waals surface area contributed by atoms with E-state index in [1.165, 1.54) is 16.0 Å². The summed E-state index contributed by atoms with van der Waals surface area (Å²) in [7, 11) is 0. The van der Waals surface area contributed by atoms with E-state index in [0.717, 1.165) is 19.3 Å². The van der Waals surface area contributed by atoms with E-state index in [0.29, 0.717) is 5.92 Å². The Kier molecular flexibility index (Phi) is 5.77. The smallest absolute Gasteiger partial charge is 0.0460 e. The van der Waals surface area contributed by atoms with Gasteiger partial charge in [0.15, 0.2) is 0 Å². The second-order valence-electron chi connectivity index (χ2n) is 5.51. The molecular formula is C17H24N2S. The maximum absolute atomic E-state index is 5.71. The molecule has 0 amide bonds. The van der Waals surface area contributed by atoms with Gasteiger partial charge in [0.05, 0.1) is 0 Å². The van der Waals surface area contributed by atoms with Crippen LogP contribution < -0.4 is 11.3 Å². The summed E-state index contributed by atoms with van der Waals surface area (Å²) in [5.41, 5.74) is 5.61. The summed E-state index contributed by atoms with van der Waals surface area (Å²) in [6, 6.07) is 13.4. The number of hydrogen-bond acceptors (Lipinski definition) is 3. The van der Waals surface area contributed by atoms with Crippen molar-refractivity contribution in [3.63, 3.8) is 0 Å². The third-order valence-electron chi connectivity index (χ3n) is 3.70. The molecule has 1 unspecified atom stereocenters. The highest BCUT2D eigenvalue weighted by atomic mass is 32.1. The van der Waals surface area contributed by atoms with Crippen LogP contribution in [0.15, 0.2) is 41.8 Å². The van der Waals surface area contributed by atoms with Gasteiger partial charge >= 0.3 is 0 Å². The minimum atomic E-state index is 0.246. The zero-order valence-corrected chi connectivity index (χ0v) is 13.1. The molecule has 1 aromatic heterocycles. The molecule has 0 aliphatic carbocycles. The zero-order chi connectivity index (χ0) is 14.4. The summed E-state index contributed by atoms with van der Waals surface area (Å²) in [5.74, 6) is 6.29. The Bertz CT molecular complexity index is 488. The topological polar surface area (TPSA) is 38.0 Å². The monoisotopic (exact) mass is 288 g/mol. The third-order valence-corrected chi connectivity index (χ3v) is 4.64. The van der Waals surface area contributed by atoms with Gasteiger partial charge in [0.1, 0.15) is 0 Å². The Morgan fingerprint density at radius 1 is 1.10 bits per heavy atom. The molecule has 0 fully saturated rings. The van der Waals surface area contributed by atoms with Gasteiger partial charge in [0, 0.05) is 10.9 Å². The van der Waals surface area contributed by atoms with Crippen LogP contribution in [-0.4, -0.2) is 0 Å². The molecular weight excluding hydrogens is 264 g/mol. The molecule has 2 nitrogen and oxygen atoms in total. The average molecular weight is 288 g/mol. The van der Waals surface area contributed by atoms with Crippen LogP contribution in [0.3, 0.4) is 0 Å². The van der Waals surface area contributed by atoms with Gasteiger partial charge in [-0.15, -0.1) is 11.3 Å². The van der Waals surface area contributed by atoms with E-state index in [4.69, 9.17) is 5.84 Å². The fourth-order valence-electron chi connectivity index (χ4n) is 2.39. The first kappa shape index (κ1) is 15.2. The van der Waals surface area contributed by atoms with Crippen molar-refractivity contribution in [3.8, 4) is 0 Å². The number of hydrogen-bond donors (Lipinski definition) is 2. The first-order valence-electron chi connectivity index (χ1n) is 7.29. The Balaban J connectivity index is 1.90. The van der Waals surface area contributed by atoms with E-state index in [-0.39, 0.29) is 6.04 Å². The molecule has 0 aliphatic rings. The van der Waals surface area contributed by atoms with Crippen molar-refractivity contribution in [2.75, 3.05) is 0 Å². The molecule has 0 spiro atoms. The summed E-state index contributed by atoms with van der Waals surface area (Å²) in [5, 5.41) is 2.14. The lowest BCUT2D eigenvalue weighted by atomic mass is 9.97. The molecule has 3 heteroatoms. The fourth-order valence-corrected chi connectivity index (χ4v) is 3.15. The largest absolute Gasteiger partial charge is 0.271 e. The van der Waals surface area contributed by atoms with E-state index in [1.807, 2.05) is 11.3 Å². The van der Waals surface area contributed by atoms with Crippen molar-refractivity contribution in [1.29, 1.82) is 0 Å². The second-order valence-corrected chi connectivity index (χ2v) is 6.54. The van der Waals surface area contributed by atoms with Gasteiger partial charge < -0.3 is 0 Å². The normalized spacial score (nSPS) is 12.8. The standard InChI is InChI=1S/C17H24N2S/c1-13(2)14-8-10-15(11-9-14)17(19-18)7-3-5-16-6-4-12-20-16/h4,6,8-13,17,19H,3,5,7,18H2,1-2H3. The highest BCUT2D eigenvalue weighted by Crippen LogP contribution is 2.22. The van der Waals surface area contributed by atoms with Crippen LogP contribution in [0.2, 0.25) is 0 Å². The van der Waals surface area contributed by atoms with Crippen LogP contribution >= 0.6 is 11.3 Å². The first-order chi connectivity index (χ1) is 9.70. The molecule has 108 valence electrons. The van der Waals surface area contributed by atoms with Gasteiger partial charge in [-0.2, -0.15) is 0 Å². The van der Waals surface area contributed by atoms with Crippen LogP contribution in [0.4, 0.5) is 0 Å². The Morgan fingerprint density at radius 3 is 2.35 bits per heavy atom. The van der Waals surface area contributed by atoms with Crippen molar-refractivity contribution in [2.24, 2.45) is 5.84 Å². The molecule has 20 heavy (non-hydrogen) atoms. The third kappa shape index (κ3) is 4.17. The molecule has 0 radical (unpaired) electrons. The lowest BCUT2D eigenvalue weighted by molar-refractivity contribution is 0.499. The van der Waals surface area contributed by atoms with E-state index in [1.54, 1.807) is 0 Å². The van der Waals surface area contributed by atoms with Crippen LogP contribution in [0.1, 0.15) is 54.7 Å². The highest BCUT2D eigenvalue weighted by Gasteiger charge is 2.10. The van der Waals surface area contributed by atoms with Gasteiger partial charge in [-0.1, -0.05) is 44.2 Å². The summed E-state index contributed by atoms with van der Waals surface area (Å²) in [6.07, 6.45) is 3.36. The van der Waals surface area contributed by atoms with Crippen LogP contribution in [0, 0.1) is 0 Å². The van der Waals surface area contributed by atoms with Gasteiger partial charge in [-0.05, 0) is 47.8 Å². The highest BCUT2D eigenvalue weighted by molar-refractivity contribution is 7.09. The van der Waals surface area contributed by atoms with Gasteiger partial charge in [-0.3, -0.25) is 11.3 Å². The minimum absolute atomic E-state index is 0.246. The molecule has 2 aromatic rings. The molecule has 1 heterocycles. The fraction of sp³-hybridized carbons (Fsp3) is 0.412. The summed E-state index contributed by atoms with van der Waals surface area (Å²) in [4.78, 5) is 1.45. The molecule has 0 bridgehead atoms. The molecule has 3 N–H and O–H groups in total. The van der Waals surface area contributed by atoms with Crippen LogP contribution in [-0.2, 0) is 6.42 Å². The maximum Gasteiger partial charge on any atom is 0.0460 e. The van der Waals surface area contributed by atoms with Gasteiger partial charge in [0.2, 0.25) is 0 Å². The van der Waals surface area contributed by atoms with Crippen molar-refractivity contribution in [1.82, 2.24) is 5.43 Å². The lowest BCUT2D eigenvalue weighted by Gasteiger charge is -2.17. The number of thiophene rings is 1. The van der Waals surface area contributed by atoms with Crippen molar-refractivity contribution < 1.29 is 0 Å². The molecule has 0 aliphatic heterocycles. The van der Waals surface area contributed by atoms with E-state index >= 15 is 0 Å². The van der Waals surface area contributed by atoms with Crippen LogP contribution in [0.5, 0.6) is 0 Å². The summed E-state index contributed by atoms with van der Waals surface area (Å²) < 4.78 is 0. The number of benzene rings is 1. The number of nitrogens with two attached hydrogens (primary N) is 1. The predicted molar refractivity (Wildman–Crippen MR) is 87.9 cm³/mol. The Morgan fingerprint density at radius 2 is 1.80 bits per heavy atom. The SMILES string of the molecule is CC(C)c1ccc(C(CCCc2cccs2)NN)cc1. The molecule has 0 saturated heterocycles. The number of rotatable bonds is 7. The average Bonchev–Trinajstić information content (AvgIpc) is 2.97. The number of hydrazine groups is 1. The Hall–Kier alpha value is -1.16. The van der Waals surface area contributed by atoms with Crippen LogP contribution in [0.25, 0.3) is 0 Å². The second kappa shape index (κ2) is 7.58.